The molecule has 1 atom stereocenters. The summed E-state index contributed by atoms with van der Waals surface area (Å²) in [6.07, 6.45) is -1.08. The van der Waals surface area contributed by atoms with E-state index in [1.165, 1.54) is 36.4 Å². The summed E-state index contributed by atoms with van der Waals surface area (Å²) in [4.78, 5) is 0. The van der Waals surface area contributed by atoms with E-state index in [-0.39, 0.29) is 28.6 Å². The third-order valence-electron chi connectivity index (χ3n) is 3.28. The molecule has 1 N–H and O–H groups in total. The molecule has 0 aliphatic heterocycles. The molecular formula is C16H11ClF2O2. The zero-order valence-electron chi connectivity index (χ0n) is 10.8. The van der Waals surface area contributed by atoms with Crippen LogP contribution in [0.15, 0.2) is 46.9 Å². The molecule has 3 rings (SSSR count). The monoisotopic (exact) mass is 308 g/mol. The number of aliphatic hydroxyl groups is 1. The van der Waals surface area contributed by atoms with Crippen LogP contribution in [0.25, 0.3) is 11.0 Å². The van der Waals surface area contributed by atoms with Gasteiger partial charge in [0, 0.05) is 22.4 Å². The van der Waals surface area contributed by atoms with E-state index in [4.69, 9.17) is 16.0 Å². The Morgan fingerprint density at radius 3 is 2.71 bits per heavy atom. The molecule has 0 fully saturated rings. The Bertz CT molecular complexity index is 778. The van der Waals surface area contributed by atoms with Gasteiger partial charge in [0.05, 0.1) is 0 Å². The molecule has 0 radical (unpaired) electrons. The average molecular weight is 309 g/mol. The summed E-state index contributed by atoms with van der Waals surface area (Å²) < 4.78 is 32.3. The van der Waals surface area contributed by atoms with Crippen molar-refractivity contribution in [2.24, 2.45) is 0 Å². The van der Waals surface area contributed by atoms with E-state index >= 15 is 0 Å². The van der Waals surface area contributed by atoms with Gasteiger partial charge < -0.3 is 9.52 Å². The lowest BCUT2D eigenvalue weighted by molar-refractivity contribution is 0.151. The zero-order valence-corrected chi connectivity index (χ0v) is 11.6. The maximum Gasteiger partial charge on any atom is 0.134 e. The summed E-state index contributed by atoms with van der Waals surface area (Å²) >= 11 is 5.93. The first-order valence-corrected chi connectivity index (χ1v) is 6.72. The van der Waals surface area contributed by atoms with Crippen LogP contribution >= 0.6 is 11.6 Å². The van der Waals surface area contributed by atoms with Gasteiger partial charge in [-0.25, -0.2) is 8.78 Å². The maximum absolute atomic E-state index is 13.7. The fraction of sp³-hybridized carbons (Fsp3) is 0.125. The minimum atomic E-state index is -1.06. The van der Waals surface area contributed by atoms with Gasteiger partial charge in [0.2, 0.25) is 0 Å². The van der Waals surface area contributed by atoms with Crippen molar-refractivity contribution < 1.29 is 18.3 Å². The quantitative estimate of drug-likeness (QED) is 0.764. The van der Waals surface area contributed by atoms with E-state index in [9.17, 15) is 13.9 Å². The Morgan fingerprint density at radius 2 is 1.95 bits per heavy atom. The first kappa shape index (κ1) is 14.0. The Morgan fingerprint density at radius 1 is 1.14 bits per heavy atom. The normalized spacial score (nSPS) is 12.8. The number of benzene rings is 2. The van der Waals surface area contributed by atoms with Crippen molar-refractivity contribution in [3.8, 4) is 0 Å². The predicted molar refractivity (Wildman–Crippen MR) is 76.2 cm³/mol. The summed E-state index contributed by atoms with van der Waals surface area (Å²) in [6.45, 7) is 0. The number of rotatable bonds is 3. The molecule has 21 heavy (non-hydrogen) atoms. The van der Waals surface area contributed by atoms with E-state index in [0.717, 1.165) is 0 Å². The molecule has 0 aliphatic rings. The van der Waals surface area contributed by atoms with Gasteiger partial charge in [0.15, 0.2) is 0 Å². The maximum atomic E-state index is 13.7. The molecule has 0 saturated heterocycles. The van der Waals surface area contributed by atoms with Gasteiger partial charge in [0.25, 0.3) is 0 Å². The lowest BCUT2D eigenvalue weighted by Gasteiger charge is -2.10. The van der Waals surface area contributed by atoms with Crippen molar-refractivity contribution in [1.82, 2.24) is 0 Å². The Hall–Kier alpha value is -1.91. The topological polar surface area (TPSA) is 33.4 Å². The van der Waals surface area contributed by atoms with E-state index in [2.05, 4.69) is 0 Å². The summed E-state index contributed by atoms with van der Waals surface area (Å²) in [5.74, 6) is -0.625. The van der Waals surface area contributed by atoms with E-state index < -0.39 is 11.9 Å². The molecule has 5 heteroatoms. The Balaban J connectivity index is 1.91. The van der Waals surface area contributed by atoms with Crippen molar-refractivity contribution in [2.75, 3.05) is 0 Å². The lowest BCUT2D eigenvalue weighted by Crippen LogP contribution is -2.03. The van der Waals surface area contributed by atoms with Crippen LogP contribution in [-0.4, -0.2) is 5.11 Å². The second kappa shape index (κ2) is 5.47. The molecule has 3 aromatic rings. The summed E-state index contributed by atoms with van der Waals surface area (Å²) in [5.41, 5.74) is 0.684. The van der Waals surface area contributed by atoms with Crippen molar-refractivity contribution in [1.29, 1.82) is 0 Å². The molecular weight excluding hydrogens is 298 g/mol. The number of furan rings is 1. The number of aliphatic hydroxyl groups excluding tert-OH is 1. The lowest BCUT2D eigenvalue weighted by atomic mass is 10.1. The van der Waals surface area contributed by atoms with Gasteiger partial charge in [-0.3, -0.25) is 0 Å². The van der Waals surface area contributed by atoms with Crippen molar-refractivity contribution in [3.05, 3.63) is 70.4 Å². The number of hydrogen-bond donors (Lipinski definition) is 1. The average Bonchev–Trinajstić information content (AvgIpc) is 2.86. The largest absolute Gasteiger partial charge is 0.458 e. The molecule has 0 aliphatic carbocycles. The van der Waals surface area contributed by atoms with Crippen LogP contribution in [0.1, 0.15) is 17.4 Å². The highest BCUT2D eigenvalue weighted by Crippen LogP contribution is 2.29. The number of hydrogen-bond acceptors (Lipinski definition) is 2. The zero-order chi connectivity index (χ0) is 15.0. The fourth-order valence-electron chi connectivity index (χ4n) is 2.22. The van der Waals surface area contributed by atoms with Gasteiger partial charge in [-0.1, -0.05) is 17.7 Å². The minimum absolute atomic E-state index is 0.0200. The van der Waals surface area contributed by atoms with Crippen LogP contribution in [0.4, 0.5) is 8.78 Å². The summed E-state index contributed by atoms with van der Waals surface area (Å²) in [7, 11) is 0. The van der Waals surface area contributed by atoms with E-state index in [1.54, 1.807) is 6.07 Å². The van der Waals surface area contributed by atoms with Gasteiger partial charge in [0.1, 0.15) is 29.1 Å². The first-order chi connectivity index (χ1) is 10.0. The second-order valence-corrected chi connectivity index (χ2v) is 5.16. The van der Waals surface area contributed by atoms with Crippen LogP contribution in [0.3, 0.4) is 0 Å². The van der Waals surface area contributed by atoms with Gasteiger partial charge in [-0.05, 0) is 36.4 Å². The fourth-order valence-corrected chi connectivity index (χ4v) is 2.46. The highest BCUT2D eigenvalue weighted by atomic mass is 35.5. The predicted octanol–water partition coefficient (Wildman–Crippen LogP) is 4.64. The molecule has 0 amide bonds. The highest BCUT2D eigenvalue weighted by Gasteiger charge is 2.18. The van der Waals surface area contributed by atoms with Crippen LogP contribution in [0, 0.1) is 11.6 Å². The molecule has 1 aromatic heterocycles. The molecule has 108 valence electrons. The van der Waals surface area contributed by atoms with Crippen LogP contribution in [0.2, 0.25) is 5.02 Å². The van der Waals surface area contributed by atoms with Crippen molar-refractivity contribution in [3.63, 3.8) is 0 Å². The standard InChI is InChI=1S/C16H11ClF2O2/c17-12-2-1-3-13(19)11(12)8-14(20)16-7-9-6-10(18)4-5-15(9)21-16/h1-7,14,20H,8H2. The summed E-state index contributed by atoms with van der Waals surface area (Å²) in [5, 5.41) is 11.0. The van der Waals surface area contributed by atoms with Crippen LogP contribution in [0.5, 0.6) is 0 Å². The van der Waals surface area contributed by atoms with E-state index in [0.29, 0.717) is 11.0 Å². The van der Waals surface area contributed by atoms with Gasteiger partial charge >= 0.3 is 0 Å². The SMILES string of the molecule is OC(Cc1c(F)cccc1Cl)c1cc2cc(F)ccc2o1. The highest BCUT2D eigenvalue weighted by molar-refractivity contribution is 6.31. The van der Waals surface area contributed by atoms with E-state index in [1.807, 2.05) is 0 Å². The van der Waals surface area contributed by atoms with Crippen LogP contribution < -0.4 is 0 Å². The Labute approximate surface area is 124 Å². The Kier molecular flexibility index (Phi) is 3.66. The summed E-state index contributed by atoms with van der Waals surface area (Å²) in [6, 6.07) is 9.94. The van der Waals surface area contributed by atoms with Crippen molar-refractivity contribution >= 4 is 22.6 Å². The number of halogens is 3. The number of fused-ring (bicyclic) bond motifs is 1. The smallest absolute Gasteiger partial charge is 0.134 e. The van der Waals surface area contributed by atoms with Gasteiger partial charge in [-0.15, -0.1) is 0 Å². The first-order valence-electron chi connectivity index (χ1n) is 6.34. The van der Waals surface area contributed by atoms with Crippen molar-refractivity contribution in [2.45, 2.75) is 12.5 Å². The van der Waals surface area contributed by atoms with Gasteiger partial charge in [-0.2, -0.15) is 0 Å². The minimum Gasteiger partial charge on any atom is -0.458 e. The molecule has 0 spiro atoms. The molecule has 0 bridgehead atoms. The molecule has 0 saturated carbocycles. The third-order valence-corrected chi connectivity index (χ3v) is 3.64. The molecule has 2 nitrogen and oxygen atoms in total. The second-order valence-electron chi connectivity index (χ2n) is 4.75. The molecule has 2 aromatic carbocycles. The third kappa shape index (κ3) is 2.77. The molecule has 1 unspecified atom stereocenters. The molecule has 1 heterocycles. The van der Waals surface area contributed by atoms with Crippen LogP contribution in [-0.2, 0) is 6.42 Å².